The summed E-state index contributed by atoms with van der Waals surface area (Å²) >= 11 is 3.27. The standard InChI is InChI=1S/C20H24BrFN4O2/c1-26(2)7-4-8-28-19-11-17-14(10-18(19)27-3)20(24-12-23-17)25-16-6-5-13(21)9-15(16)22/h5-6,9-12,20,25H,4,7-8H2,1-3H3,(H,23,24). The van der Waals surface area contributed by atoms with Crippen LogP contribution in [0.4, 0.5) is 15.8 Å². The Kier molecular flexibility index (Phi) is 6.74. The number of nitrogens with one attached hydrogen (secondary N) is 2. The summed E-state index contributed by atoms with van der Waals surface area (Å²) in [6, 6.07) is 8.62. The van der Waals surface area contributed by atoms with Gasteiger partial charge in [0.1, 0.15) is 12.0 Å². The maximum atomic E-state index is 14.2. The number of methoxy groups -OCH3 is 1. The van der Waals surface area contributed by atoms with E-state index in [1.54, 1.807) is 25.6 Å². The lowest BCUT2D eigenvalue weighted by Crippen LogP contribution is -2.29. The number of aliphatic imine (C=N–C) groups is 1. The molecule has 1 aliphatic rings. The van der Waals surface area contributed by atoms with Crippen LogP contribution in [0.5, 0.6) is 11.5 Å². The van der Waals surface area contributed by atoms with Gasteiger partial charge in [-0.05, 0) is 44.8 Å². The summed E-state index contributed by atoms with van der Waals surface area (Å²) in [5.41, 5.74) is 1.99. The van der Waals surface area contributed by atoms with Crippen LogP contribution in [0.15, 0.2) is 39.8 Å². The molecule has 150 valence electrons. The minimum Gasteiger partial charge on any atom is -0.493 e. The Hall–Kier alpha value is -2.32. The van der Waals surface area contributed by atoms with Crippen LogP contribution < -0.4 is 20.1 Å². The van der Waals surface area contributed by atoms with E-state index in [2.05, 4.69) is 36.5 Å². The van der Waals surface area contributed by atoms with Crippen LogP contribution in [0.1, 0.15) is 18.2 Å². The maximum Gasteiger partial charge on any atom is 0.163 e. The highest BCUT2D eigenvalue weighted by Crippen LogP contribution is 2.39. The summed E-state index contributed by atoms with van der Waals surface area (Å²) < 4.78 is 26.3. The van der Waals surface area contributed by atoms with E-state index in [4.69, 9.17) is 9.47 Å². The average Bonchev–Trinajstić information content (AvgIpc) is 2.66. The molecule has 0 aromatic heterocycles. The molecule has 1 unspecified atom stereocenters. The van der Waals surface area contributed by atoms with Gasteiger partial charge in [-0.1, -0.05) is 15.9 Å². The third-order valence-electron chi connectivity index (χ3n) is 4.31. The molecule has 2 aromatic rings. The molecule has 0 fully saturated rings. The summed E-state index contributed by atoms with van der Waals surface area (Å²) in [4.78, 5) is 6.50. The first-order valence-electron chi connectivity index (χ1n) is 8.97. The first-order valence-corrected chi connectivity index (χ1v) is 9.77. The van der Waals surface area contributed by atoms with Crippen LogP contribution in [-0.4, -0.2) is 45.6 Å². The van der Waals surface area contributed by atoms with Gasteiger partial charge in [0.05, 0.1) is 31.4 Å². The molecule has 2 aromatic carbocycles. The molecule has 2 N–H and O–H groups in total. The van der Waals surface area contributed by atoms with E-state index in [1.165, 1.54) is 6.07 Å². The number of anilines is 1. The zero-order chi connectivity index (χ0) is 20.1. The molecule has 0 bridgehead atoms. The second-order valence-corrected chi connectivity index (χ2v) is 7.61. The molecule has 0 radical (unpaired) electrons. The largest absolute Gasteiger partial charge is 0.493 e. The van der Waals surface area contributed by atoms with E-state index >= 15 is 0 Å². The smallest absolute Gasteiger partial charge is 0.163 e. The lowest BCUT2D eigenvalue weighted by Gasteiger charge is -2.26. The summed E-state index contributed by atoms with van der Waals surface area (Å²) in [7, 11) is 5.66. The fraction of sp³-hybridized carbons (Fsp3) is 0.350. The van der Waals surface area contributed by atoms with Crippen LogP contribution >= 0.6 is 15.9 Å². The summed E-state index contributed by atoms with van der Waals surface area (Å²) in [5.74, 6) is 0.922. The van der Waals surface area contributed by atoms with E-state index in [-0.39, 0.29) is 12.0 Å². The van der Waals surface area contributed by atoms with Crippen LogP contribution in [0.3, 0.4) is 0 Å². The Bertz CT molecular complexity index is 860. The van der Waals surface area contributed by atoms with Gasteiger partial charge in [0.25, 0.3) is 0 Å². The van der Waals surface area contributed by atoms with Gasteiger partial charge in [0.15, 0.2) is 11.5 Å². The molecule has 0 aliphatic carbocycles. The van der Waals surface area contributed by atoms with Crippen LogP contribution in [0.25, 0.3) is 0 Å². The number of halogens is 2. The van der Waals surface area contributed by atoms with E-state index in [0.29, 0.717) is 28.3 Å². The fourth-order valence-corrected chi connectivity index (χ4v) is 3.23. The van der Waals surface area contributed by atoms with Gasteiger partial charge in [-0.25, -0.2) is 9.38 Å². The molecule has 0 spiro atoms. The summed E-state index contributed by atoms with van der Waals surface area (Å²) in [6.07, 6.45) is 2.16. The van der Waals surface area contributed by atoms with Gasteiger partial charge >= 0.3 is 0 Å². The Morgan fingerprint density at radius 2 is 2.07 bits per heavy atom. The van der Waals surface area contributed by atoms with E-state index in [9.17, 15) is 4.39 Å². The van der Waals surface area contributed by atoms with Crippen molar-refractivity contribution in [1.29, 1.82) is 0 Å². The third-order valence-corrected chi connectivity index (χ3v) is 4.80. The van der Waals surface area contributed by atoms with Crippen molar-refractivity contribution < 1.29 is 13.9 Å². The third kappa shape index (κ3) is 4.94. The van der Waals surface area contributed by atoms with Gasteiger partial charge in [0, 0.05) is 22.6 Å². The molecule has 0 amide bonds. The minimum absolute atomic E-state index is 0.340. The quantitative estimate of drug-likeness (QED) is 0.587. The topological polar surface area (TPSA) is 58.1 Å². The van der Waals surface area contributed by atoms with Crippen molar-refractivity contribution in [2.24, 2.45) is 4.99 Å². The van der Waals surface area contributed by atoms with Gasteiger partial charge in [-0.2, -0.15) is 0 Å². The zero-order valence-electron chi connectivity index (χ0n) is 16.1. The Morgan fingerprint density at radius 1 is 1.25 bits per heavy atom. The fourth-order valence-electron chi connectivity index (χ4n) is 2.90. The molecule has 1 aliphatic heterocycles. The van der Waals surface area contributed by atoms with Crippen molar-refractivity contribution in [3.05, 3.63) is 46.2 Å². The number of fused-ring (bicyclic) bond motifs is 1. The molecule has 6 nitrogen and oxygen atoms in total. The van der Waals surface area contributed by atoms with E-state index in [0.717, 1.165) is 24.2 Å². The molecule has 3 rings (SSSR count). The van der Waals surface area contributed by atoms with Gasteiger partial charge in [-0.3, -0.25) is 0 Å². The molecule has 0 saturated heterocycles. The first-order chi connectivity index (χ1) is 13.5. The van der Waals surface area contributed by atoms with Gasteiger partial charge in [0.2, 0.25) is 0 Å². The minimum atomic E-state index is -0.347. The SMILES string of the molecule is COc1cc2c(cc1OCCCN(C)C)N=CNC2Nc1ccc(Br)cc1F. The number of benzene rings is 2. The number of hydrogen-bond acceptors (Lipinski definition) is 6. The van der Waals surface area contributed by atoms with Gasteiger partial charge in [-0.15, -0.1) is 0 Å². The van der Waals surface area contributed by atoms with Crippen LogP contribution in [0.2, 0.25) is 0 Å². The van der Waals surface area contributed by atoms with E-state index < -0.39 is 0 Å². The van der Waals surface area contributed by atoms with E-state index in [1.807, 2.05) is 26.2 Å². The maximum absolute atomic E-state index is 14.2. The van der Waals surface area contributed by atoms with Crippen molar-refractivity contribution in [3.8, 4) is 11.5 Å². The van der Waals surface area contributed by atoms with Crippen molar-refractivity contribution >= 4 is 33.6 Å². The molecule has 1 atom stereocenters. The highest BCUT2D eigenvalue weighted by Gasteiger charge is 2.22. The summed E-state index contributed by atoms with van der Waals surface area (Å²) in [6.45, 7) is 1.53. The van der Waals surface area contributed by atoms with Crippen molar-refractivity contribution in [1.82, 2.24) is 10.2 Å². The number of rotatable bonds is 8. The zero-order valence-corrected chi connectivity index (χ0v) is 17.7. The first kappa shape index (κ1) is 20.4. The highest BCUT2D eigenvalue weighted by molar-refractivity contribution is 9.10. The predicted molar refractivity (Wildman–Crippen MR) is 113 cm³/mol. The summed E-state index contributed by atoms with van der Waals surface area (Å²) in [5, 5.41) is 6.29. The molecule has 28 heavy (non-hydrogen) atoms. The Labute approximate surface area is 172 Å². The molecule has 8 heteroatoms. The Morgan fingerprint density at radius 3 is 2.79 bits per heavy atom. The number of hydrogen-bond donors (Lipinski definition) is 2. The molecule has 0 saturated carbocycles. The van der Waals surface area contributed by atoms with Crippen LogP contribution in [0, 0.1) is 5.82 Å². The number of ether oxygens (including phenoxy) is 2. The lowest BCUT2D eigenvalue weighted by molar-refractivity contribution is 0.268. The van der Waals surface area contributed by atoms with Crippen molar-refractivity contribution in [2.45, 2.75) is 12.6 Å². The second kappa shape index (κ2) is 9.25. The van der Waals surface area contributed by atoms with Crippen molar-refractivity contribution in [2.75, 3.05) is 39.7 Å². The molecule has 1 heterocycles. The highest BCUT2D eigenvalue weighted by atomic mass is 79.9. The molecular weight excluding hydrogens is 427 g/mol. The predicted octanol–water partition coefficient (Wildman–Crippen LogP) is 4.30. The average molecular weight is 451 g/mol. The van der Waals surface area contributed by atoms with Crippen LogP contribution in [-0.2, 0) is 0 Å². The Balaban J connectivity index is 1.80. The van der Waals surface area contributed by atoms with Gasteiger partial charge < -0.3 is 25.0 Å². The monoisotopic (exact) mass is 450 g/mol. The molecular formula is C20H24BrFN4O2. The van der Waals surface area contributed by atoms with Crippen molar-refractivity contribution in [3.63, 3.8) is 0 Å². The second-order valence-electron chi connectivity index (χ2n) is 6.69. The lowest BCUT2D eigenvalue weighted by atomic mass is 10.1. The number of nitrogens with zero attached hydrogens (tertiary/aromatic N) is 2. The normalized spacial score (nSPS) is 15.1.